The molecule has 0 unspecified atom stereocenters. The van der Waals surface area contributed by atoms with Crippen LogP contribution in [0.2, 0.25) is 0 Å². The van der Waals surface area contributed by atoms with Gasteiger partial charge in [-0.15, -0.1) is 0 Å². The van der Waals surface area contributed by atoms with E-state index < -0.39 is 11.6 Å². The SMILES string of the molecule is O=C(O)C1CCC(O)(CNCCC(=O)N2CCCC2)CC1. The molecular formula is C15H26N2O4. The Kier molecular flexibility index (Phi) is 5.58. The summed E-state index contributed by atoms with van der Waals surface area (Å²) in [5, 5.41) is 22.5. The van der Waals surface area contributed by atoms with Gasteiger partial charge in [0, 0.05) is 32.6 Å². The number of rotatable bonds is 6. The molecule has 1 saturated heterocycles. The van der Waals surface area contributed by atoms with E-state index in [0.717, 1.165) is 25.9 Å². The third kappa shape index (κ3) is 4.68. The van der Waals surface area contributed by atoms with Crippen LogP contribution >= 0.6 is 0 Å². The predicted octanol–water partition coefficient (Wildman–Crippen LogP) is 0.594. The monoisotopic (exact) mass is 298 g/mol. The van der Waals surface area contributed by atoms with Gasteiger partial charge in [-0.25, -0.2) is 0 Å². The van der Waals surface area contributed by atoms with Crippen molar-refractivity contribution in [2.75, 3.05) is 26.2 Å². The molecule has 1 amide bonds. The zero-order valence-electron chi connectivity index (χ0n) is 12.5. The van der Waals surface area contributed by atoms with Crippen molar-refractivity contribution in [2.24, 2.45) is 5.92 Å². The average Bonchev–Trinajstić information content (AvgIpc) is 2.98. The van der Waals surface area contributed by atoms with Crippen LogP contribution in [0.15, 0.2) is 0 Å². The summed E-state index contributed by atoms with van der Waals surface area (Å²) in [4.78, 5) is 24.6. The Labute approximate surface area is 125 Å². The highest BCUT2D eigenvalue weighted by molar-refractivity contribution is 5.76. The van der Waals surface area contributed by atoms with Crippen molar-refractivity contribution >= 4 is 11.9 Å². The highest BCUT2D eigenvalue weighted by Gasteiger charge is 2.35. The highest BCUT2D eigenvalue weighted by Crippen LogP contribution is 2.31. The fourth-order valence-electron chi connectivity index (χ4n) is 3.22. The maximum atomic E-state index is 11.9. The van der Waals surface area contributed by atoms with E-state index in [2.05, 4.69) is 5.32 Å². The molecule has 0 aromatic heterocycles. The van der Waals surface area contributed by atoms with Gasteiger partial charge in [-0.2, -0.15) is 0 Å². The number of carbonyl (C=O) groups is 2. The molecule has 0 aromatic rings. The van der Waals surface area contributed by atoms with Crippen molar-refractivity contribution in [1.29, 1.82) is 0 Å². The molecule has 0 atom stereocenters. The number of nitrogens with one attached hydrogen (secondary N) is 1. The van der Waals surface area contributed by atoms with Gasteiger partial charge in [-0.3, -0.25) is 9.59 Å². The van der Waals surface area contributed by atoms with Gasteiger partial charge in [-0.05, 0) is 38.5 Å². The number of carboxylic acids is 1. The summed E-state index contributed by atoms with van der Waals surface area (Å²) in [6.45, 7) is 2.76. The van der Waals surface area contributed by atoms with Gasteiger partial charge < -0.3 is 20.4 Å². The summed E-state index contributed by atoms with van der Waals surface area (Å²) < 4.78 is 0. The summed E-state index contributed by atoms with van der Waals surface area (Å²) in [7, 11) is 0. The number of nitrogens with zero attached hydrogens (tertiary/aromatic N) is 1. The van der Waals surface area contributed by atoms with Crippen molar-refractivity contribution < 1.29 is 19.8 Å². The van der Waals surface area contributed by atoms with Crippen molar-refractivity contribution in [1.82, 2.24) is 10.2 Å². The molecule has 2 fully saturated rings. The lowest BCUT2D eigenvalue weighted by molar-refractivity contribution is -0.144. The molecule has 0 spiro atoms. The number of hydrogen-bond acceptors (Lipinski definition) is 4. The minimum atomic E-state index is -0.817. The first-order chi connectivity index (χ1) is 10.0. The molecule has 6 heteroatoms. The zero-order valence-corrected chi connectivity index (χ0v) is 12.5. The van der Waals surface area contributed by atoms with Crippen LogP contribution in [0.5, 0.6) is 0 Å². The molecule has 6 nitrogen and oxygen atoms in total. The molecule has 1 heterocycles. The number of aliphatic hydroxyl groups is 1. The van der Waals surface area contributed by atoms with Crippen LogP contribution in [0.1, 0.15) is 44.9 Å². The van der Waals surface area contributed by atoms with E-state index in [1.54, 1.807) is 0 Å². The van der Waals surface area contributed by atoms with Gasteiger partial charge in [0.25, 0.3) is 0 Å². The van der Waals surface area contributed by atoms with Crippen molar-refractivity contribution in [3.63, 3.8) is 0 Å². The fourth-order valence-corrected chi connectivity index (χ4v) is 3.22. The molecule has 21 heavy (non-hydrogen) atoms. The third-order valence-electron chi connectivity index (χ3n) is 4.69. The van der Waals surface area contributed by atoms with E-state index in [-0.39, 0.29) is 11.8 Å². The number of hydrogen-bond donors (Lipinski definition) is 3. The van der Waals surface area contributed by atoms with Gasteiger partial charge in [0.2, 0.25) is 5.91 Å². The largest absolute Gasteiger partial charge is 0.481 e. The smallest absolute Gasteiger partial charge is 0.306 e. The Morgan fingerprint density at radius 1 is 1.19 bits per heavy atom. The topological polar surface area (TPSA) is 89.9 Å². The number of likely N-dealkylation sites (tertiary alicyclic amines) is 1. The van der Waals surface area contributed by atoms with Gasteiger partial charge >= 0.3 is 5.97 Å². The second kappa shape index (κ2) is 7.22. The highest BCUT2D eigenvalue weighted by atomic mass is 16.4. The number of carbonyl (C=O) groups excluding carboxylic acids is 1. The third-order valence-corrected chi connectivity index (χ3v) is 4.69. The maximum absolute atomic E-state index is 11.9. The van der Waals surface area contributed by atoms with Crippen LogP contribution in [0, 0.1) is 5.92 Å². The Bertz CT molecular complexity index is 372. The van der Waals surface area contributed by atoms with E-state index in [4.69, 9.17) is 5.11 Å². The maximum Gasteiger partial charge on any atom is 0.306 e. The molecule has 120 valence electrons. The lowest BCUT2D eigenvalue weighted by Gasteiger charge is -2.34. The van der Waals surface area contributed by atoms with Crippen LogP contribution in [-0.2, 0) is 9.59 Å². The first kappa shape index (κ1) is 16.2. The molecular weight excluding hydrogens is 272 g/mol. The Balaban J connectivity index is 1.62. The molecule has 0 radical (unpaired) electrons. The first-order valence-corrected chi connectivity index (χ1v) is 7.94. The molecule has 1 aliphatic heterocycles. The van der Waals surface area contributed by atoms with Crippen LogP contribution in [-0.4, -0.2) is 58.8 Å². The number of amides is 1. The van der Waals surface area contributed by atoms with E-state index in [1.165, 1.54) is 0 Å². The Hall–Kier alpha value is -1.14. The van der Waals surface area contributed by atoms with E-state index in [9.17, 15) is 14.7 Å². The lowest BCUT2D eigenvalue weighted by atomic mass is 9.79. The Morgan fingerprint density at radius 2 is 1.81 bits per heavy atom. The molecule has 2 aliphatic rings. The summed E-state index contributed by atoms with van der Waals surface area (Å²) in [6.07, 6.45) is 4.75. The van der Waals surface area contributed by atoms with E-state index >= 15 is 0 Å². The number of carboxylic acid groups (broad SMARTS) is 1. The van der Waals surface area contributed by atoms with Crippen LogP contribution in [0.25, 0.3) is 0 Å². The molecule has 2 rings (SSSR count). The van der Waals surface area contributed by atoms with Crippen molar-refractivity contribution in [3.05, 3.63) is 0 Å². The van der Waals surface area contributed by atoms with Crippen molar-refractivity contribution in [3.8, 4) is 0 Å². The van der Waals surface area contributed by atoms with Gasteiger partial charge in [0.1, 0.15) is 0 Å². The normalized spacial score (nSPS) is 29.6. The molecule has 3 N–H and O–H groups in total. The average molecular weight is 298 g/mol. The summed E-state index contributed by atoms with van der Waals surface area (Å²) in [5.41, 5.74) is -0.817. The second-order valence-corrected chi connectivity index (χ2v) is 6.35. The molecule has 1 aliphatic carbocycles. The second-order valence-electron chi connectivity index (χ2n) is 6.35. The standard InChI is InChI=1S/C15H26N2O4/c18-13(17-9-1-2-10-17)5-8-16-11-15(21)6-3-12(4-7-15)14(19)20/h12,16,21H,1-11H2,(H,19,20). The fraction of sp³-hybridized carbons (Fsp3) is 0.867. The molecule has 0 aromatic carbocycles. The van der Waals surface area contributed by atoms with E-state index in [1.807, 2.05) is 4.90 Å². The first-order valence-electron chi connectivity index (χ1n) is 7.94. The summed E-state index contributed by atoms with van der Waals surface area (Å²) >= 11 is 0. The van der Waals surface area contributed by atoms with Crippen molar-refractivity contribution in [2.45, 2.75) is 50.5 Å². The summed E-state index contributed by atoms with van der Waals surface area (Å²) in [5.74, 6) is -0.898. The van der Waals surface area contributed by atoms with Crippen LogP contribution < -0.4 is 5.32 Å². The van der Waals surface area contributed by atoms with Crippen LogP contribution in [0.3, 0.4) is 0 Å². The molecule has 0 bridgehead atoms. The minimum Gasteiger partial charge on any atom is -0.481 e. The minimum absolute atomic E-state index is 0.182. The lowest BCUT2D eigenvalue weighted by Crippen LogP contribution is -2.45. The predicted molar refractivity (Wildman–Crippen MR) is 77.8 cm³/mol. The quantitative estimate of drug-likeness (QED) is 0.625. The Morgan fingerprint density at radius 3 is 2.38 bits per heavy atom. The molecule has 1 saturated carbocycles. The van der Waals surface area contributed by atoms with Gasteiger partial charge in [-0.1, -0.05) is 0 Å². The van der Waals surface area contributed by atoms with Gasteiger partial charge in [0.15, 0.2) is 0 Å². The zero-order chi connectivity index (χ0) is 15.3. The number of aliphatic carboxylic acids is 1. The van der Waals surface area contributed by atoms with Gasteiger partial charge in [0.05, 0.1) is 11.5 Å². The van der Waals surface area contributed by atoms with E-state index in [0.29, 0.717) is 45.2 Å². The summed E-state index contributed by atoms with van der Waals surface area (Å²) in [6, 6.07) is 0. The van der Waals surface area contributed by atoms with Crippen LogP contribution in [0.4, 0.5) is 0 Å².